The Morgan fingerprint density at radius 2 is 1.78 bits per heavy atom. The molecular formula is C19H24N2O5S. The van der Waals surface area contributed by atoms with Gasteiger partial charge < -0.3 is 14.8 Å². The number of benzene rings is 2. The summed E-state index contributed by atoms with van der Waals surface area (Å²) in [4.78, 5) is 12.2. The summed E-state index contributed by atoms with van der Waals surface area (Å²) in [5, 5.41) is 2.66. The highest BCUT2D eigenvalue weighted by molar-refractivity contribution is 7.89. The minimum atomic E-state index is -3.53. The normalized spacial score (nSPS) is 11.1. The highest BCUT2D eigenvalue weighted by atomic mass is 32.2. The number of carbonyl (C=O) groups excluding carboxylic acids is 1. The molecule has 7 nitrogen and oxygen atoms in total. The van der Waals surface area contributed by atoms with Crippen LogP contribution in [0.4, 0.5) is 5.69 Å². The van der Waals surface area contributed by atoms with Crippen LogP contribution in [-0.2, 0) is 14.8 Å². The van der Waals surface area contributed by atoms with Crippen LogP contribution < -0.4 is 19.5 Å². The molecule has 2 aromatic carbocycles. The van der Waals surface area contributed by atoms with Crippen molar-refractivity contribution in [2.75, 3.05) is 25.6 Å². The SMILES string of the molecule is CCCNS(=O)(=O)c1ccc(NC(=O)COc2ccc(C)cc2OC)cc1. The number of ether oxygens (including phenoxy) is 2. The lowest BCUT2D eigenvalue weighted by Gasteiger charge is -2.12. The molecule has 27 heavy (non-hydrogen) atoms. The van der Waals surface area contributed by atoms with E-state index in [1.54, 1.807) is 6.07 Å². The molecule has 0 bridgehead atoms. The molecule has 146 valence electrons. The zero-order valence-electron chi connectivity index (χ0n) is 15.6. The molecule has 0 aliphatic rings. The van der Waals surface area contributed by atoms with E-state index in [0.29, 0.717) is 30.2 Å². The Morgan fingerprint density at radius 1 is 1.07 bits per heavy atom. The Kier molecular flexibility index (Phi) is 7.20. The molecule has 0 atom stereocenters. The molecule has 0 heterocycles. The monoisotopic (exact) mass is 392 g/mol. The van der Waals surface area contributed by atoms with E-state index in [4.69, 9.17) is 9.47 Å². The largest absolute Gasteiger partial charge is 0.493 e. The van der Waals surface area contributed by atoms with Crippen LogP contribution in [0.25, 0.3) is 0 Å². The third-order valence-corrected chi connectivity index (χ3v) is 5.15. The van der Waals surface area contributed by atoms with Crippen molar-refractivity contribution in [2.24, 2.45) is 0 Å². The van der Waals surface area contributed by atoms with Crippen LogP contribution in [0.5, 0.6) is 11.5 Å². The number of hydrogen-bond acceptors (Lipinski definition) is 5. The first-order valence-electron chi connectivity index (χ1n) is 8.52. The fraction of sp³-hybridized carbons (Fsp3) is 0.316. The summed E-state index contributed by atoms with van der Waals surface area (Å²) in [7, 11) is -1.99. The van der Waals surface area contributed by atoms with E-state index in [-0.39, 0.29) is 17.4 Å². The van der Waals surface area contributed by atoms with Gasteiger partial charge in [-0.05, 0) is 55.3 Å². The van der Waals surface area contributed by atoms with Gasteiger partial charge in [0.25, 0.3) is 5.91 Å². The molecular weight excluding hydrogens is 368 g/mol. The molecule has 0 fully saturated rings. The maximum Gasteiger partial charge on any atom is 0.262 e. The average molecular weight is 392 g/mol. The van der Waals surface area contributed by atoms with Crippen LogP contribution in [0.1, 0.15) is 18.9 Å². The first-order chi connectivity index (χ1) is 12.9. The molecule has 0 aliphatic heterocycles. The van der Waals surface area contributed by atoms with Gasteiger partial charge in [-0.1, -0.05) is 13.0 Å². The molecule has 0 unspecified atom stereocenters. The number of anilines is 1. The molecule has 2 rings (SSSR count). The predicted molar refractivity (Wildman–Crippen MR) is 104 cm³/mol. The minimum Gasteiger partial charge on any atom is -0.493 e. The van der Waals surface area contributed by atoms with E-state index in [2.05, 4.69) is 10.0 Å². The zero-order chi connectivity index (χ0) is 19.9. The number of hydrogen-bond donors (Lipinski definition) is 2. The van der Waals surface area contributed by atoms with Gasteiger partial charge in [-0.15, -0.1) is 0 Å². The smallest absolute Gasteiger partial charge is 0.262 e. The van der Waals surface area contributed by atoms with Gasteiger partial charge in [0.05, 0.1) is 12.0 Å². The number of amides is 1. The number of sulfonamides is 1. The fourth-order valence-corrected chi connectivity index (χ4v) is 3.41. The van der Waals surface area contributed by atoms with Gasteiger partial charge in [-0.3, -0.25) is 4.79 Å². The molecule has 0 saturated carbocycles. The van der Waals surface area contributed by atoms with E-state index in [1.165, 1.54) is 31.4 Å². The molecule has 1 amide bonds. The molecule has 0 aliphatic carbocycles. The van der Waals surface area contributed by atoms with Crippen LogP contribution in [-0.4, -0.2) is 34.6 Å². The van der Waals surface area contributed by atoms with Crippen molar-refractivity contribution in [3.63, 3.8) is 0 Å². The second-order valence-electron chi connectivity index (χ2n) is 5.91. The third-order valence-electron chi connectivity index (χ3n) is 3.67. The number of aryl methyl sites for hydroxylation is 1. The lowest BCUT2D eigenvalue weighted by atomic mass is 10.2. The molecule has 0 radical (unpaired) electrons. The summed E-state index contributed by atoms with van der Waals surface area (Å²) in [6, 6.07) is 11.4. The summed E-state index contributed by atoms with van der Waals surface area (Å²) in [5.74, 6) is 0.663. The maximum absolute atomic E-state index is 12.1. The highest BCUT2D eigenvalue weighted by Gasteiger charge is 2.13. The molecule has 2 aromatic rings. The van der Waals surface area contributed by atoms with Crippen LogP contribution in [0, 0.1) is 6.92 Å². The van der Waals surface area contributed by atoms with Gasteiger partial charge >= 0.3 is 0 Å². The Labute approximate surface area is 159 Å². The van der Waals surface area contributed by atoms with Crippen molar-refractivity contribution < 1.29 is 22.7 Å². The van der Waals surface area contributed by atoms with Gasteiger partial charge in [0.15, 0.2) is 18.1 Å². The summed E-state index contributed by atoms with van der Waals surface area (Å²) >= 11 is 0. The Morgan fingerprint density at radius 3 is 2.41 bits per heavy atom. The van der Waals surface area contributed by atoms with Gasteiger partial charge in [0.1, 0.15) is 0 Å². The predicted octanol–water partition coefficient (Wildman–Crippen LogP) is 2.71. The first kappa shape index (κ1) is 20.7. The van der Waals surface area contributed by atoms with Crippen molar-refractivity contribution in [1.29, 1.82) is 0 Å². The van der Waals surface area contributed by atoms with E-state index in [9.17, 15) is 13.2 Å². The standard InChI is InChI=1S/C19H24N2O5S/c1-4-11-20-27(23,24)16-8-6-15(7-9-16)21-19(22)13-26-17-10-5-14(2)12-18(17)25-3/h5-10,12,20H,4,11,13H2,1-3H3,(H,21,22). The summed E-state index contributed by atoms with van der Waals surface area (Å²) in [5.41, 5.74) is 1.50. The topological polar surface area (TPSA) is 93.7 Å². The molecule has 0 spiro atoms. The second-order valence-corrected chi connectivity index (χ2v) is 7.68. The number of methoxy groups -OCH3 is 1. The van der Waals surface area contributed by atoms with Crippen molar-refractivity contribution in [1.82, 2.24) is 4.72 Å². The Hall–Kier alpha value is -2.58. The lowest BCUT2D eigenvalue weighted by molar-refractivity contribution is -0.118. The maximum atomic E-state index is 12.1. The second kappa shape index (κ2) is 9.38. The van der Waals surface area contributed by atoms with Gasteiger partial charge in [0, 0.05) is 12.2 Å². The lowest BCUT2D eigenvalue weighted by Crippen LogP contribution is -2.24. The van der Waals surface area contributed by atoms with Crippen LogP contribution in [0.15, 0.2) is 47.4 Å². The van der Waals surface area contributed by atoms with Crippen molar-refractivity contribution in [2.45, 2.75) is 25.2 Å². The van der Waals surface area contributed by atoms with Crippen LogP contribution in [0.2, 0.25) is 0 Å². The summed E-state index contributed by atoms with van der Waals surface area (Å²) in [6.07, 6.45) is 0.707. The molecule has 2 N–H and O–H groups in total. The molecule has 0 aromatic heterocycles. The number of carbonyl (C=O) groups is 1. The minimum absolute atomic E-state index is 0.148. The van der Waals surface area contributed by atoms with Gasteiger partial charge in [0.2, 0.25) is 10.0 Å². The van der Waals surface area contributed by atoms with E-state index in [1.807, 2.05) is 26.0 Å². The fourth-order valence-electron chi connectivity index (χ4n) is 2.27. The zero-order valence-corrected chi connectivity index (χ0v) is 16.4. The van der Waals surface area contributed by atoms with Crippen molar-refractivity contribution >= 4 is 21.6 Å². The van der Waals surface area contributed by atoms with Crippen molar-refractivity contribution in [3.05, 3.63) is 48.0 Å². The first-order valence-corrected chi connectivity index (χ1v) is 10.0. The highest BCUT2D eigenvalue weighted by Crippen LogP contribution is 2.27. The van der Waals surface area contributed by atoms with Crippen LogP contribution in [0.3, 0.4) is 0 Å². The van der Waals surface area contributed by atoms with E-state index in [0.717, 1.165) is 5.56 Å². The average Bonchev–Trinajstić information content (AvgIpc) is 2.65. The van der Waals surface area contributed by atoms with Gasteiger partial charge in [-0.2, -0.15) is 0 Å². The Balaban J connectivity index is 1.94. The van der Waals surface area contributed by atoms with E-state index < -0.39 is 10.0 Å². The quantitative estimate of drug-likeness (QED) is 0.684. The molecule has 0 saturated heterocycles. The third kappa shape index (κ3) is 5.97. The van der Waals surface area contributed by atoms with Crippen molar-refractivity contribution in [3.8, 4) is 11.5 Å². The number of nitrogens with one attached hydrogen (secondary N) is 2. The van der Waals surface area contributed by atoms with Crippen LogP contribution >= 0.6 is 0 Å². The van der Waals surface area contributed by atoms with Gasteiger partial charge in [-0.25, -0.2) is 13.1 Å². The van der Waals surface area contributed by atoms with E-state index >= 15 is 0 Å². The molecule has 8 heteroatoms. The number of rotatable bonds is 9. The Bertz CT molecular complexity index is 879. The summed E-state index contributed by atoms with van der Waals surface area (Å²) < 4.78 is 37.3. The summed E-state index contributed by atoms with van der Waals surface area (Å²) in [6.45, 7) is 3.99.